The molecule has 0 amide bonds. The Morgan fingerprint density at radius 3 is 2.32 bits per heavy atom. The molecule has 2 rings (SSSR count). The lowest BCUT2D eigenvalue weighted by Gasteiger charge is -2.10. The van der Waals surface area contributed by atoms with Crippen LogP contribution in [0.3, 0.4) is 0 Å². The minimum atomic E-state index is -4.47. The summed E-state index contributed by atoms with van der Waals surface area (Å²) in [4.78, 5) is 5.17. The van der Waals surface area contributed by atoms with Gasteiger partial charge in [-0.2, -0.15) is 13.2 Å². The van der Waals surface area contributed by atoms with Gasteiger partial charge < -0.3 is 4.84 Å². The van der Waals surface area contributed by atoms with Crippen LogP contribution in [0.2, 0.25) is 10.0 Å². The average molecular weight is 473 g/mol. The van der Waals surface area contributed by atoms with Crippen LogP contribution in [-0.4, -0.2) is 18.5 Å². The van der Waals surface area contributed by atoms with E-state index in [1.165, 1.54) is 0 Å². The fourth-order valence-corrected chi connectivity index (χ4v) is 3.05. The predicted octanol–water partition coefficient (Wildman–Crippen LogP) is 6.57. The van der Waals surface area contributed by atoms with E-state index in [4.69, 9.17) is 23.2 Å². The molecule has 25 heavy (non-hydrogen) atoms. The first-order valence-corrected chi connectivity index (χ1v) is 8.83. The first kappa shape index (κ1) is 20.4. The third-order valence-electron chi connectivity index (χ3n) is 2.98. The van der Waals surface area contributed by atoms with Gasteiger partial charge in [-0.25, -0.2) is 0 Å². The Labute approximate surface area is 166 Å². The van der Waals surface area contributed by atoms with Crippen LogP contribution in [0.25, 0.3) is 0 Å². The number of hydrogen-bond acceptors (Lipinski definition) is 3. The van der Waals surface area contributed by atoms with E-state index in [0.29, 0.717) is 36.3 Å². The van der Waals surface area contributed by atoms with Gasteiger partial charge in [0.1, 0.15) is 0 Å². The maximum absolute atomic E-state index is 12.3. The fraction of sp³-hybridized carbons (Fsp3) is 0.188. The zero-order valence-electron chi connectivity index (χ0n) is 12.4. The second-order valence-corrected chi connectivity index (χ2v) is 7.26. The van der Waals surface area contributed by atoms with Crippen molar-refractivity contribution in [2.75, 3.05) is 6.61 Å². The number of thiol groups is 1. The lowest BCUT2D eigenvalue weighted by atomic mass is 10.0. The van der Waals surface area contributed by atoms with Crippen LogP contribution < -0.4 is 0 Å². The van der Waals surface area contributed by atoms with Gasteiger partial charge in [-0.15, -0.1) is 12.6 Å². The van der Waals surface area contributed by atoms with E-state index >= 15 is 0 Å². The summed E-state index contributed by atoms with van der Waals surface area (Å²) < 4.78 is 37.6. The van der Waals surface area contributed by atoms with Gasteiger partial charge in [0.2, 0.25) is 6.61 Å². The van der Waals surface area contributed by atoms with Crippen LogP contribution in [0.1, 0.15) is 11.1 Å². The van der Waals surface area contributed by atoms with Crippen LogP contribution in [0.5, 0.6) is 0 Å². The minimum absolute atomic E-state index is 0.191. The summed E-state index contributed by atoms with van der Waals surface area (Å²) in [5, 5.41) is 4.51. The van der Waals surface area contributed by atoms with Crippen molar-refractivity contribution in [3.05, 3.63) is 62.0 Å². The largest absolute Gasteiger partial charge is 0.425 e. The van der Waals surface area contributed by atoms with Crippen molar-refractivity contribution in [3.63, 3.8) is 0 Å². The van der Waals surface area contributed by atoms with Gasteiger partial charge in [0.25, 0.3) is 0 Å². The van der Waals surface area contributed by atoms with E-state index in [9.17, 15) is 13.2 Å². The van der Waals surface area contributed by atoms with E-state index in [1.807, 2.05) is 0 Å². The zero-order chi connectivity index (χ0) is 18.6. The van der Waals surface area contributed by atoms with Crippen LogP contribution in [-0.2, 0) is 11.3 Å². The summed E-state index contributed by atoms with van der Waals surface area (Å²) in [6.45, 7) is -1.47. The van der Waals surface area contributed by atoms with Crippen molar-refractivity contribution in [2.45, 2.75) is 17.5 Å². The smallest absolute Gasteiger partial charge is 0.386 e. The van der Waals surface area contributed by atoms with Gasteiger partial charge in [0.15, 0.2) is 0 Å². The summed E-state index contributed by atoms with van der Waals surface area (Å²) in [7, 11) is 0. The summed E-state index contributed by atoms with van der Waals surface area (Å²) in [5.74, 6) is 0. The van der Waals surface area contributed by atoms with Crippen molar-refractivity contribution < 1.29 is 18.0 Å². The van der Waals surface area contributed by atoms with E-state index in [0.717, 1.165) is 0 Å². The molecule has 0 bridgehead atoms. The predicted molar refractivity (Wildman–Crippen MR) is 100 cm³/mol. The number of benzene rings is 2. The summed E-state index contributed by atoms with van der Waals surface area (Å²) in [6, 6.07) is 9.98. The maximum atomic E-state index is 12.3. The molecule has 0 aliphatic carbocycles. The molecule has 2 nitrogen and oxygen atoms in total. The van der Waals surface area contributed by atoms with Gasteiger partial charge in [0.05, 0.1) is 5.71 Å². The summed E-state index contributed by atoms with van der Waals surface area (Å²) in [5.41, 5.74) is 1.58. The highest BCUT2D eigenvalue weighted by Gasteiger charge is 2.28. The highest BCUT2D eigenvalue weighted by Crippen LogP contribution is 2.25. The Morgan fingerprint density at radius 1 is 1.12 bits per heavy atom. The first-order valence-electron chi connectivity index (χ1n) is 6.83. The second-order valence-electron chi connectivity index (χ2n) is 5.05. The highest BCUT2D eigenvalue weighted by molar-refractivity contribution is 9.10. The molecule has 2 aromatic rings. The van der Waals surface area contributed by atoms with Gasteiger partial charge in [-0.1, -0.05) is 34.4 Å². The Balaban J connectivity index is 2.33. The second kappa shape index (κ2) is 8.66. The van der Waals surface area contributed by atoms with Gasteiger partial charge in [-0.05, 0) is 51.8 Å². The van der Waals surface area contributed by atoms with E-state index in [-0.39, 0.29) is 6.42 Å². The normalized spacial score (nSPS) is 12.4. The standard InChI is InChI=1S/C16H11BrCl2F3NOS/c17-13-6-10(1-2-15(13)25)14(23-24-8-16(20,21)22)5-9-3-11(18)7-12(19)4-9/h1-4,6-7,25H,5,8H2/b23-14+. The van der Waals surface area contributed by atoms with Crippen LogP contribution in [0, 0.1) is 0 Å². The van der Waals surface area contributed by atoms with Crippen molar-refractivity contribution in [1.82, 2.24) is 0 Å². The molecule has 0 aromatic heterocycles. The number of hydrogen-bond donors (Lipinski definition) is 1. The molecule has 0 atom stereocenters. The van der Waals surface area contributed by atoms with E-state index < -0.39 is 12.8 Å². The van der Waals surface area contributed by atoms with E-state index in [1.54, 1.807) is 36.4 Å². The lowest BCUT2D eigenvalue weighted by Crippen LogP contribution is -2.16. The topological polar surface area (TPSA) is 21.6 Å². The fourth-order valence-electron chi connectivity index (χ4n) is 1.96. The molecule has 0 N–H and O–H groups in total. The van der Waals surface area contributed by atoms with Crippen LogP contribution >= 0.6 is 51.8 Å². The molecule has 0 aliphatic rings. The number of rotatable bonds is 5. The van der Waals surface area contributed by atoms with E-state index in [2.05, 4.69) is 38.6 Å². The van der Waals surface area contributed by atoms with Crippen molar-refractivity contribution in [3.8, 4) is 0 Å². The Morgan fingerprint density at radius 2 is 1.76 bits per heavy atom. The molecule has 0 aliphatic heterocycles. The number of nitrogens with zero attached hydrogens (tertiary/aromatic N) is 1. The molecule has 9 heteroatoms. The molecule has 0 unspecified atom stereocenters. The van der Waals surface area contributed by atoms with Crippen molar-refractivity contribution in [2.24, 2.45) is 5.16 Å². The summed E-state index contributed by atoms with van der Waals surface area (Å²) >= 11 is 19.5. The number of oxime groups is 1. The Kier molecular flexibility index (Phi) is 7.08. The maximum Gasteiger partial charge on any atom is 0.425 e. The molecule has 0 saturated heterocycles. The Hall–Kier alpha value is -0.890. The van der Waals surface area contributed by atoms with Crippen molar-refractivity contribution in [1.29, 1.82) is 0 Å². The Bertz CT molecular complexity index is 779. The summed E-state index contributed by atoms with van der Waals surface area (Å²) in [6.07, 6.45) is -4.28. The molecule has 0 fully saturated rings. The number of alkyl halides is 3. The molecular formula is C16H11BrCl2F3NOS. The molecule has 2 aromatic carbocycles. The van der Waals surface area contributed by atoms with Crippen molar-refractivity contribution >= 4 is 57.5 Å². The minimum Gasteiger partial charge on any atom is -0.386 e. The third kappa shape index (κ3) is 6.73. The quantitative estimate of drug-likeness (QED) is 0.296. The SMILES string of the molecule is FC(F)(F)CO/N=C(\Cc1cc(Cl)cc(Cl)c1)c1ccc(S)c(Br)c1. The monoisotopic (exact) mass is 471 g/mol. The van der Waals surface area contributed by atoms with Crippen LogP contribution in [0.15, 0.2) is 50.9 Å². The third-order valence-corrected chi connectivity index (χ3v) is 4.77. The van der Waals surface area contributed by atoms with Gasteiger partial charge in [0, 0.05) is 31.4 Å². The lowest BCUT2D eigenvalue weighted by molar-refractivity contribution is -0.173. The first-order chi connectivity index (χ1) is 11.6. The van der Waals surface area contributed by atoms with Gasteiger partial charge >= 0.3 is 6.18 Å². The molecular weight excluding hydrogens is 462 g/mol. The van der Waals surface area contributed by atoms with Gasteiger partial charge in [-0.3, -0.25) is 0 Å². The number of halogens is 6. The molecule has 0 spiro atoms. The highest BCUT2D eigenvalue weighted by atomic mass is 79.9. The zero-order valence-corrected chi connectivity index (χ0v) is 16.4. The molecule has 0 radical (unpaired) electrons. The molecule has 0 heterocycles. The molecule has 0 saturated carbocycles. The molecule has 134 valence electrons. The van der Waals surface area contributed by atoms with Crippen LogP contribution in [0.4, 0.5) is 13.2 Å². The average Bonchev–Trinajstić information content (AvgIpc) is 2.47.